The largest absolute Gasteiger partial charge is 0.755 e. The van der Waals surface area contributed by atoms with E-state index in [9.17, 15) is 13.6 Å². The Morgan fingerprint density at radius 1 is 1.23 bits per heavy atom. The fourth-order valence-electron chi connectivity index (χ4n) is 2.23. The Balaban J connectivity index is 1.84. The lowest BCUT2D eigenvalue weighted by Gasteiger charge is -2.10. The SMILES string of the molecule is O=C(Cn1cnc2ccccc21)c1cccc(NS(=O)[O-])c1. The molecule has 0 saturated heterocycles. The van der Waals surface area contributed by atoms with Gasteiger partial charge in [0.15, 0.2) is 5.78 Å². The van der Waals surface area contributed by atoms with Crippen LogP contribution in [0.25, 0.3) is 11.0 Å². The molecule has 1 aromatic heterocycles. The highest BCUT2D eigenvalue weighted by atomic mass is 32.2. The Labute approximate surface area is 129 Å². The topological polar surface area (TPSA) is 87.0 Å². The average molecular weight is 314 g/mol. The van der Waals surface area contributed by atoms with Gasteiger partial charge in [-0.3, -0.25) is 9.00 Å². The van der Waals surface area contributed by atoms with Gasteiger partial charge in [-0.05, 0) is 24.3 Å². The van der Waals surface area contributed by atoms with Crippen molar-refractivity contribution in [3.63, 3.8) is 0 Å². The third-order valence-electron chi connectivity index (χ3n) is 3.23. The van der Waals surface area contributed by atoms with Gasteiger partial charge in [0, 0.05) is 22.5 Å². The van der Waals surface area contributed by atoms with E-state index in [1.807, 2.05) is 24.3 Å². The molecule has 1 N–H and O–H groups in total. The number of anilines is 1. The summed E-state index contributed by atoms with van der Waals surface area (Å²) in [5.74, 6) is -0.122. The summed E-state index contributed by atoms with van der Waals surface area (Å²) in [5.41, 5.74) is 2.50. The van der Waals surface area contributed by atoms with Crippen molar-refractivity contribution < 1.29 is 13.6 Å². The molecule has 0 aliphatic rings. The lowest BCUT2D eigenvalue weighted by atomic mass is 10.1. The number of ketones is 1. The maximum absolute atomic E-state index is 12.4. The Morgan fingerprint density at radius 3 is 2.86 bits per heavy atom. The molecule has 7 heteroatoms. The summed E-state index contributed by atoms with van der Waals surface area (Å²) in [5, 5.41) is 0. The van der Waals surface area contributed by atoms with Crippen molar-refractivity contribution in [3.05, 3.63) is 60.4 Å². The molecular weight excluding hydrogens is 302 g/mol. The molecule has 22 heavy (non-hydrogen) atoms. The van der Waals surface area contributed by atoms with Gasteiger partial charge >= 0.3 is 0 Å². The Bertz CT molecular complexity index is 860. The first-order valence-electron chi connectivity index (χ1n) is 6.52. The van der Waals surface area contributed by atoms with E-state index in [0.29, 0.717) is 11.3 Å². The summed E-state index contributed by atoms with van der Waals surface area (Å²) in [7, 11) is 0. The smallest absolute Gasteiger partial charge is 0.182 e. The predicted molar refractivity (Wildman–Crippen MR) is 83.0 cm³/mol. The van der Waals surface area contributed by atoms with Crippen molar-refractivity contribution in [2.45, 2.75) is 6.54 Å². The zero-order valence-corrected chi connectivity index (χ0v) is 12.2. The number of benzene rings is 2. The van der Waals surface area contributed by atoms with Crippen molar-refractivity contribution >= 4 is 33.8 Å². The van der Waals surface area contributed by atoms with Gasteiger partial charge in [0.05, 0.1) is 23.9 Å². The van der Waals surface area contributed by atoms with Crippen molar-refractivity contribution in [3.8, 4) is 0 Å². The van der Waals surface area contributed by atoms with E-state index in [-0.39, 0.29) is 12.3 Å². The molecule has 0 aliphatic heterocycles. The average Bonchev–Trinajstić information content (AvgIpc) is 2.90. The number of para-hydroxylation sites is 2. The van der Waals surface area contributed by atoms with E-state index in [2.05, 4.69) is 9.71 Å². The Hall–Kier alpha value is -2.51. The van der Waals surface area contributed by atoms with Crippen molar-refractivity contribution in [1.29, 1.82) is 0 Å². The number of Topliss-reactive ketones (excluding diaryl/α,β-unsaturated/α-hetero) is 1. The number of rotatable bonds is 5. The van der Waals surface area contributed by atoms with E-state index in [1.54, 1.807) is 29.1 Å². The first kappa shape index (κ1) is 14.4. The number of nitrogens with one attached hydrogen (secondary N) is 1. The second-order valence-corrected chi connectivity index (χ2v) is 5.38. The number of hydrogen-bond acceptors (Lipinski definition) is 4. The summed E-state index contributed by atoms with van der Waals surface area (Å²) >= 11 is -2.41. The number of carbonyl (C=O) groups is 1. The predicted octanol–water partition coefficient (Wildman–Crippen LogP) is 2.13. The molecule has 2 aromatic carbocycles. The van der Waals surface area contributed by atoms with Crippen LogP contribution < -0.4 is 4.72 Å². The summed E-state index contributed by atoms with van der Waals surface area (Å²) in [4.78, 5) is 16.6. The van der Waals surface area contributed by atoms with Gasteiger partial charge in [-0.15, -0.1) is 0 Å². The third kappa shape index (κ3) is 3.05. The van der Waals surface area contributed by atoms with E-state index < -0.39 is 11.3 Å². The van der Waals surface area contributed by atoms with Crippen LogP contribution in [0.5, 0.6) is 0 Å². The van der Waals surface area contributed by atoms with E-state index in [4.69, 9.17) is 0 Å². The van der Waals surface area contributed by atoms with Crippen molar-refractivity contribution in [2.24, 2.45) is 0 Å². The molecular formula is C15H12N3O3S-. The molecule has 1 heterocycles. The van der Waals surface area contributed by atoms with Gasteiger partial charge in [0.1, 0.15) is 0 Å². The summed E-state index contributed by atoms with van der Waals surface area (Å²) in [6, 6.07) is 13.9. The minimum Gasteiger partial charge on any atom is -0.755 e. The minimum atomic E-state index is -2.41. The highest BCUT2D eigenvalue weighted by Gasteiger charge is 2.10. The molecule has 0 fully saturated rings. The van der Waals surface area contributed by atoms with Crippen LogP contribution in [-0.2, 0) is 17.8 Å². The fraction of sp³-hybridized carbons (Fsp3) is 0.0667. The number of fused-ring (bicyclic) bond motifs is 1. The third-order valence-corrected chi connectivity index (χ3v) is 3.63. The maximum Gasteiger partial charge on any atom is 0.182 e. The molecule has 1 unspecified atom stereocenters. The molecule has 3 aromatic rings. The highest BCUT2D eigenvalue weighted by Crippen LogP contribution is 2.15. The monoisotopic (exact) mass is 314 g/mol. The van der Waals surface area contributed by atoms with Crippen LogP contribution in [0.1, 0.15) is 10.4 Å². The fourth-order valence-corrected chi connectivity index (χ4v) is 2.55. The molecule has 0 saturated carbocycles. The van der Waals surface area contributed by atoms with Crippen LogP contribution in [0.4, 0.5) is 5.69 Å². The van der Waals surface area contributed by atoms with Crippen LogP contribution in [0, 0.1) is 0 Å². The van der Waals surface area contributed by atoms with Crippen LogP contribution >= 0.6 is 0 Å². The molecule has 0 aliphatic carbocycles. The lowest BCUT2D eigenvalue weighted by Crippen LogP contribution is -2.10. The Kier molecular flexibility index (Phi) is 3.99. The second kappa shape index (κ2) is 6.08. The summed E-state index contributed by atoms with van der Waals surface area (Å²) in [6.45, 7) is 0.143. The summed E-state index contributed by atoms with van der Waals surface area (Å²) in [6.07, 6.45) is 1.62. The Morgan fingerprint density at radius 2 is 2.05 bits per heavy atom. The standard InChI is InChI=1S/C15H13N3O3S/c19-15(11-4-3-5-12(8-11)17-22(20)21)9-18-10-16-13-6-1-2-7-14(13)18/h1-8,10,17H,9H2,(H,20,21)/p-1. The second-order valence-electron chi connectivity index (χ2n) is 4.70. The molecule has 0 amide bonds. The maximum atomic E-state index is 12.4. The zero-order valence-electron chi connectivity index (χ0n) is 11.4. The van der Waals surface area contributed by atoms with E-state index in [1.165, 1.54) is 6.07 Å². The molecule has 0 radical (unpaired) electrons. The van der Waals surface area contributed by atoms with E-state index >= 15 is 0 Å². The van der Waals surface area contributed by atoms with Crippen LogP contribution in [0.15, 0.2) is 54.9 Å². The lowest BCUT2D eigenvalue weighted by molar-refractivity contribution is 0.0973. The van der Waals surface area contributed by atoms with Gasteiger partial charge in [-0.25, -0.2) is 4.98 Å². The van der Waals surface area contributed by atoms with Crippen molar-refractivity contribution in [1.82, 2.24) is 9.55 Å². The zero-order chi connectivity index (χ0) is 15.5. The summed E-state index contributed by atoms with van der Waals surface area (Å²) < 4.78 is 25.3. The van der Waals surface area contributed by atoms with Crippen molar-refractivity contribution in [2.75, 3.05) is 4.72 Å². The normalized spacial score (nSPS) is 12.2. The van der Waals surface area contributed by atoms with Gasteiger partial charge in [-0.1, -0.05) is 24.3 Å². The highest BCUT2D eigenvalue weighted by molar-refractivity contribution is 7.80. The van der Waals surface area contributed by atoms with Crippen LogP contribution in [0.2, 0.25) is 0 Å². The molecule has 0 spiro atoms. The molecule has 112 valence electrons. The quantitative estimate of drug-likeness (QED) is 0.577. The molecule has 3 rings (SSSR count). The first-order chi connectivity index (χ1) is 10.6. The number of hydrogen-bond donors (Lipinski definition) is 1. The molecule has 6 nitrogen and oxygen atoms in total. The number of aromatic nitrogens is 2. The number of nitrogens with zero attached hydrogens (tertiary/aromatic N) is 2. The molecule has 1 atom stereocenters. The van der Waals surface area contributed by atoms with Gasteiger partial charge in [-0.2, -0.15) is 0 Å². The van der Waals surface area contributed by atoms with Gasteiger partial charge in [0.2, 0.25) is 0 Å². The van der Waals surface area contributed by atoms with Crippen LogP contribution in [-0.4, -0.2) is 24.1 Å². The van der Waals surface area contributed by atoms with E-state index in [0.717, 1.165) is 11.0 Å². The number of imidazole rings is 1. The van der Waals surface area contributed by atoms with Gasteiger partial charge in [0.25, 0.3) is 0 Å². The number of carbonyl (C=O) groups excluding carboxylic acids is 1. The van der Waals surface area contributed by atoms with Gasteiger partial charge < -0.3 is 13.8 Å². The first-order valence-corrected chi connectivity index (χ1v) is 7.60. The minimum absolute atomic E-state index is 0.122. The van der Waals surface area contributed by atoms with Crippen LogP contribution in [0.3, 0.4) is 0 Å². The molecule has 0 bridgehead atoms.